The number of hydrogen-bond donors (Lipinski definition) is 2. The predicted molar refractivity (Wildman–Crippen MR) is 126 cm³/mol. The van der Waals surface area contributed by atoms with Gasteiger partial charge in [-0.3, -0.25) is 5.43 Å². The third-order valence-electron chi connectivity index (χ3n) is 4.12. The second-order valence-corrected chi connectivity index (χ2v) is 6.74. The average molecular weight is 428 g/mol. The molecule has 0 bridgehead atoms. The van der Waals surface area contributed by atoms with Crippen LogP contribution >= 0.6 is 12.2 Å². The topological polar surface area (TPSA) is 64.1 Å². The van der Waals surface area contributed by atoms with Crippen molar-refractivity contribution in [3.05, 3.63) is 66.2 Å². The second kappa shape index (κ2) is 13.2. The van der Waals surface area contributed by atoms with Crippen LogP contribution in [0.4, 0.5) is 0 Å². The highest BCUT2D eigenvalue weighted by molar-refractivity contribution is 7.80. The van der Waals surface area contributed by atoms with Crippen molar-refractivity contribution < 1.29 is 14.2 Å². The number of hydrogen-bond acceptors (Lipinski definition) is 5. The molecule has 0 saturated carbocycles. The maximum atomic E-state index is 5.84. The molecule has 2 N–H and O–H groups in total. The smallest absolute Gasteiger partial charge is 0.187 e. The molecule has 0 aliphatic heterocycles. The molecule has 2 aromatic carbocycles. The van der Waals surface area contributed by atoms with Crippen LogP contribution < -0.4 is 25.0 Å². The molecule has 0 spiro atoms. The molecule has 0 unspecified atom stereocenters. The van der Waals surface area contributed by atoms with Crippen molar-refractivity contribution in [2.45, 2.75) is 19.8 Å². The highest BCUT2D eigenvalue weighted by atomic mass is 32.1. The molecule has 0 heterocycles. The highest BCUT2D eigenvalue weighted by Crippen LogP contribution is 2.27. The van der Waals surface area contributed by atoms with E-state index < -0.39 is 0 Å². The number of benzene rings is 2. The first-order chi connectivity index (χ1) is 14.7. The molecule has 30 heavy (non-hydrogen) atoms. The zero-order chi connectivity index (χ0) is 21.6. The van der Waals surface area contributed by atoms with Gasteiger partial charge in [0.15, 0.2) is 16.6 Å². The lowest BCUT2D eigenvalue weighted by atomic mass is 10.2. The van der Waals surface area contributed by atoms with Crippen LogP contribution in [0, 0.1) is 0 Å². The predicted octanol–water partition coefficient (Wildman–Crippen LogP) is 4.09. The van der Waals surface area contributed by atoms with Gasteiger partial charge in [-0.2, -0.15) is 5.10 Å². The molecule has 0 atom stereocenters. The number of nitrogens with zero attached hydrogens (tertiary/aromatic N) is 1. The maximum Gasteiger partial charge on any atom is 0.187 e. The van der Waals surface area contributed by atoms with Crippen LogP contribution in [0.2, 0.25) is 0 Å². The van der Waals surface area contributed by atoms with Gasteiger partial charge < -0.3 is 19.5 Å². The molecular weight excluding hydrogens is 398 g/mol. The zero-order valence-electron chi connectivity index (χ0n) is 17.5. The molecule has 2 rings (SSSR count). The van der Waals surface area contributed by atoms with Crippen molar-refractivity contribution in [3.8, 4) is 17.2 Å². The van der Waals surface area contributed by atoms with Crippen LogP contribution in [-0.2, 0) is 6.42 Å². The number of hydrazone groups is 1. The van der Waals surface area contributed by atoms with E-state index in [1.165, 1.54) is 5.56 Å². The molecule has 0 aliphatic rings. The quantitative estimate of drug-likeness (QED) is 0.175. The van der Waals surface area contributed by atoms with Gasteiger partial charge in [-0.1, -0.05) is 25.1 Å². The fraction of sp³-hybridized carbons (Fsp3) is 0.304. The summed E-state index contributed by atoms with van der Waals surface area (Å²) in [6, 6.07) is 13.8. The van der Waals surface area contributed by atoms with Gasteiger partial charge in [0.2, 0.25) is 0 Å². The minimum Gasteiger partial charge on any atom is -0.493 e. The van der Waals surface area contributed by atoms with Crippen LogP contribution in [0.25, 0.3) is 0 Å². The Kier molecular flexibility index (Phi) is 10.2. The van der Waals surface area contributed by atoms with Gasteiger partial charge >= 0.3 is 0 Å². The van der Waals surface area contributed by atoms with Crippen LogP contribution in [0.1, 0.15) is 24.5 Å². The summed E-state index contributed by atoms with van der Waals surface area (Å²) in [6.45, 7) is 7.45. The summed E-state index contributed by atoms with van der Waals surface area (Å²) in [5.74, 6) is 2.20. The van der Waals surface area contributed by atoms with E-state index in [0.29, 0.717) is 36.4 Å². The summed E-state index contributed by atoms with van der Waals surface area (Å²) < 4.78 is 17.0. The minimum atomic E-state index is 0.432. The zero-order valence-corrected chi connectivity index (χ0v) is 18.3. The van der Waals surface area contributed by atoms with Crippen LogP contribution in [-0.4, -0.2) is 38.2 Å². The number of rotatable bonds is 12. The summed E-state index contributed by atoms with van der Waals surface area (Å²) in [6.07, 6.45) is 5.17. The Hall–Kier alpha value is -3.06. The molecule has 2 aromatic rings. The first-order valence-corrected chi connectivity index (χ1v) is 10.3. The summed E-state index contributed by atoms with van der Waals surface area (Å²) in [5, 5.41) is 7.46. The van der Waals surface area contributed by atoms with Gasteiger partial charge in [-0.15, -0.1) is 6.58 Å². The maximum absolute atomic E-state index is 5.84. The minimum absolute atomic E-state index is 0.432. The Labute approximate surface area is 183 Å². The molecule has 0 saturated heterocycles. The van der Waals surface area contributed by atoms with Gasteiger partial charge in [0.25, 0.3) is 0 Å². The van der Waals surface area contributed by atoms with E-state index in [-0.39, 0.29) is 0 Å². The van der Waals surface area contributed by atoms with Gasteiger partial charge in [-0.05, 0) is 60.1 Å². The average Bonchev–Trinajstić information content (AvgIpc) is 2.78. The molecule has 6 nitrogen and oxygen atoms in total. The standard InChI is InChI=1S/C23H29N3O3S/c1-4-13-24-23(30)26-25-17-19-9-12-21(22(16-19)27-3)29-15-6-14-28-20-10-7-18(5-2)8-11-20/h4,7-12,16-17H,1,5-6,13-15H2,2-3H3,(H2,24,26,30)/b25-17+. The van der Waals surface area contributed by atoms with Crippen molar-refractivity contribution in [1.29, 1.82) is 0 Å². The third-order valence-corrected chi connectivity index (χ3v) is 4.36. The lowest BCUT2D eigenvalue weighted by Crippen LogP contribution is -2.31. The summed E-state index contributed by atoms with van der Waals surface area (Å²) in [7, 11) is 1.61. The molecule has 7 heteroatoms. The number of ether oxygens (including phenoxy) is 3. The van der Waals surface area contributed by atoms with E-state index >= 15 is 0 Å². The van der Waals surface area contributed by atoms with E-state index in [1.54, 1.807) is 19.4 Å². The van der Waals surface area contributed by atoms with Crippen molar-refractivity contribution in [1.82, 2.24) is 10.7 Å². The second-order valence-electron chi connectivity index (χ2n) is 6.33. The van der Waals surface area contributed by atoms with Crippen molar-refractivity contribution in [3.63, 3.8) is 0 Å². The molecular formula is C23H29N3O3S. The molecule has 0 fully saturated rings. The molecule has 160 valence electrons. The monoisotopic (exact) mass is 427 g/mol. The van der Waals surface area contributed by atoms with Gasteiger partial charge in [0.05, 0.1) is 26.5 Å². The SMILES string of the molecule is C=CCNC(=S)N/N=C/c1ccc(OCCCOc2ccc(CC)cc2)c(OC)c1. The summed E-state index contributed by atoms with van der Waals surface area (Å²) in [5.41, 5.74) is 4.90. The van der Waals surface area contributed by atoms with Crippen molar-refractivity contribution in [2.24, 2.45) is 5.10 Å². The van der Waals surface area contributed by atoms with E-state index in [4.69, 9.17) is 26.4 Å². The van der Waals surface area contributed by atoms with E-state index in [1.807, 2.05) is 30.3 Å². The molecule has 0 radical (unpaired) electrons. The molecule has 0 aromatic heterocycles. The number of methoxy groups -OCH3 is 1. The first-order valence-electron chi connectivity index (χ1n) is 9.86. The Morgan fingerprint density at radius 2 is 1.87 bits per heavy atom. The Morgan fingerprint density at radius 3 is 2.57 bits per heavy atom. The Balaban J connectivity index is 1.77. The molecule has 0 amide bonds. The fourth-order valence-corrected chi connectivity index (χ4v) is 2.64. The van der Waals surface area contributed by atoms with Gasteiger partial charge in [0.1, 0.15) is 5.75 Å². The van der Waals surface area contributed by atoms with Crippen LogP contribution in [0.15, 0.2) is 60.2 Å². The van der Waals surface area contributed by atoms with E-state index in [0.717, 1.165) is 24.2 Å². The summed E-state index contributed by atoms with van der Waals surface area (Å²) in [4.78, 5) is 0. The molecule has 0 aliphatic carbocycles. The van der Waals surface area contributed by atoms with Crippen molar-refractivity contribution in [2.75, 3.05) is 26.9 Å². The number of thiocarbonyl (C=S) groups is 1. The fourth-order valence-electron chi connectivity index (χ4n) is 2.51. The van der Waals surface area contributed by atoms with Crippen molar-refractivity contribution >= 4 is 23.5 Å². The Bertz CT molecular complexity index is 838. The summed E-state index contributed by atoms with van der Waals surface area (Å²) >= 11 is 5.08. The number of nitrogens with one attached hydrogen (secondary N) is 2. The van der Waals surface area contributed by atoms with Gasteiger partial charge in [-0.25, -0.2) is 0 Å². The van der Waals surface area contributed by atoms with E-state index in [9.17, 15) is 0 Å². The lowest BCUT2D eigenvalue weighted by molar-refractivity contribution is 0.240. The lowest BCUT2D eigenvalue weighted by Gasteiger charge is -2.12. The van der Waals surface area contributed by atoms with E-state index in [2.05, 4.69) is 41.5 Å². The Morgan fingerprint density at radius 1 is 1.10 bits per heavy atom. The first kappa shape index (κ1) is 23.2. The third kappa shape index (κ3) is 8.13. The largest absolute Gasteiger partial charge is 0.493 e. The van der Waals surface area contributed by atoms with Crippen LogP contribution in [0.5, 0.6) is 17.2 Å². The number of aryl methyl sites for hydroxylation is 1. The van der Waals surface area contributed by atoms with Gasteiger partial charge in [0, 0.05) is 13.0 Å². The normalized spacial score (nSPS) is 10.5. The highest BCUT2D eigenvalue weighted by Gasteiger charge is 2.05. The van der Waals surface area contributed by atoms with Crippen LogP contribution in [0.3, 0.4) is 0 Å².